The van der Waals surface area contributed by atoms with Crippen molar-refractivity contribution in [2.45, 2.75) is 78.4 Å². The highest BCUT2D eigenvalue weighted by Crippen LogP contribution is 2.28. The number of nitrogens with two attached hydrogens (primary N) is 1. The Morgan fingerprint density at radius 1 is 1.19 bits per heavy atom. The van der Waals surface area contributed by atoms with Gasteiger partial charge in [0, 0.05) is 30.2 Å². The van der Waals surface area contributed by atoms with Crippen molar-refractivity contribution in [3.63, 3.8) is 0 Å². The Kier molecular flexibility index (Phi) is 6.88. The van der Waals surface area contributed by atoms with Crippen LogP contribution >= 0.6 is 0 Å². The SMILES string of the molecule is CCN(CC)C(CC)(CC)C(N)Cc1ccn(C(C)C)n1. The van der Waals surface area contributed by atoms with Crippen molar-refractivity contribution in [1.29, 1.82) is 0 Å². The van der Waals surface area contributed by atoms with Gasteiger partial charge in [0.1, 0.15) is 0 Å². The highest BCUT2D eigenvalue weighted by atomic mass is 15.3. The highest BCUT2D eigenvalue weighted by Gasteiger charge is 2.38. The molecular formula is C17H34N4. The molecule has 1 aromatic heterocycles. The van der Waals surface area contributed by atoms with Crippen LogP contribution in [0.15, 0.2) is 12.3 Å². The van der Waals surface area contributed by atoms with Gasteiger partial charge >= 0.3 is 0 Å². The van der Waals surface area contributed by atoms with Crippen molar-refractivity contribution in [3.8, 4) is 0 Å². The van der Waals surface area contributed by atoms with Crippen molar-refractivity contribution in [1.82, 2.24) is 14.7 Å². The van der Waals surface area contributed by atoms with Crippen molar-refractivity contribution in [2.24, 2.45) is 5.73 Å². The third-order valence-electron chi connectivity index (χ3n) is 4.93. The Morgan fingerprint density at radius 3 is 2.14 bits per heavy atom. The highest BCUT2D eigenvalue weighted by molar-refractivity contribution is 5.07. The molecule has 1 unspecified atom stereocenters. The van der Waals surface area contributed by atoms with E-state index in [9.17, 15) is 0 Å². The molecule has 4 nitrogen and oxygen atoms in total. The number of nitrogens with zero attached hydrogens (tertiary/aromatic N) is 3. The second-order valence-electron chi connectivity index (χ2n) is 6.17. The van der Waals surface area contributed by atoms with Gasteiger partial charge in [-0.1, -0.05) is 27.7 Å². The molecule has 0 aliphatic heterocycles. The average molecular weight is 294 g/mol. The number of hydrogen-bond acceptors (Lipinski definition) is 3. The Labute approximate surface area is 130 Å². The van der Waals surface area contributed by atoms with Crippen LogP contribution in [0, 0.1) is 0 Å². The zero-order valence-corrected chi connectivity index (χ0v) is 14.8. The van der Waals surface area contributed by atoms with Gasteiger partial charge in [-0.15, -0.1) is 0 Å². The molecule has 2 N–H and O–H groups in total. The molecule has 0 aliphatic rings. The van der Waals surface area contributed by atoms with Crippen molar-refractivity contribution >= 4 is 0 Å². The summed E-state index contributed by atoms with van der Waals surface area (Å²) in [5, 5.41) is 4.66. The first kappa shape index (κ1) is 18.2. The molecule has 0 saturated heterocycles. The molecule has 0 fully saturated rings. The number of rotatable bonds is 9. The molecule has 122 valence electrons. The Morgan fingerprint density at radius 2 is 1.76 bits per heavy atom. The predicted octanol–water partition coefficient (Wildman–Crippen LogP) is 3.23. The summed E-state index contributed by atoms with van der Waals surface area (Å²) in [6.07, 6.45) is 5.07. The lowest BCUT2D eigenvalue weighted by atomic mass is 9.81. The van der Waals surface area contributed by atoms with Gasteiger partial charge in [0.15, 0.2) is 0 Å². The Balaban J connectivity index is 2.92. The maximum atomic E-state index is 6.65. The molecule has 0 radical (unpaired) electrons. The minimum Gasteiger partial charge on any atom is -0.326 e. The lowest BCUT2D eigenvalue weighted by Gasteiger charge is -2.46. The smallest absolute Gasteiger partial charge is 0.0640 e. The molecule has 1 heterocycles. The van der Waals surface area contributed by atoms with E-state index in [0.717, 1.165) is 38.0 Å². The molecular weight excluding hydrogens is 260 g/mol. The van der Waals surface area contributed by atoms with Crippen LogP contribution in [0.3, 0.4) is 0 Å². The van der Waals surface area contributed by atoms with Crippen LogP contribution in [0.2, 0.25) is 0 Å². The minimum absolute atomic E-state index is 0.0745. The topological polar surface area (TPSA) is 47.1 Å². The summed E-state index contributed by atoms with van der Waals surface area (Å²) in [4.78, 5) is 2.52. The van der Waals surface area contributed by atoms with E-state index in [2.05, 4.69) is 63.8 Å². The fourth-order valence-electron chi connectivity index (χ4n) is 3.50. The fourth-order valence-corrected chi connectivity index (χ4v) is 3.50. The first-order valence-electron chi connectivity index (χ1n) is 8.49. The summed E-state index contributed by atoms with van der Waals surface area (Å²) in [6, 6.07) is 2.63. The molecule has 4 heteroatoms. The Bertz CT molecular complexity index is 403. The van der Waals surface area contributed by atoms with Gasteiger partial charge in [-0.2, -0.15) is 5.10 Å². The molecule has 0 aromatic carbocycles. The average Bonchev–Trinajstić information content (AvgIpc) is 2.93. The monoisotopic (exact) mass is 294 g/mol. The molecule has 1 rings (SSSR count). The number of likely N-dealkylation sites (N-methyl/N-ethyl adjacent to an activating group) is 1. The summed E-state index contributed by atoms with van der Waals surface area (Å²) < 4.78 is 2.01. The van der Waals surface area contributed by atoms with Crippen molar-refractivity contribution < 1.29 is 0 Å². The van der Waals surface area contributed by atoms with E-state index >= 15 is 0 Å². The maximum Gasteiger partial charge on any atom is 0.0640 e. The molecule has 0 saturated carbocycles. The van der Waals surface area contributed by atoms with E-state index in [0.29, 0.717) is 6.04 Å². The molecule has 21 heavy (non-hydrogen) atoms. The summed E-state index contributed by atoms with van der Waals surface area (Å²) >= 11 is 0. The first-order valence-corrected chi connectivity index (χ1v) is 8.49. The van der Waals surface area contributed by atoms with E-state index in [1.165, 1.54) is 0 Å². The molecule has 0 amide bonds. The summed E-state index contributed by atoms with van der Waals surface area (Å²) in [7, 11) is 0. The van der Waals surface area contributed by atoms with E-state index in [-0.39, 0.29) is 11.6 Å². The second kappa shape index (κ2) is 7.95. The lowest BCUT2D eigenvalue weighted by Crippen LogP contribution is -2.60. The fraction of sp³-hybridized carbons (Fsp3) is 0.824. The Hall–Kier alpha value is -0.870. The van der Waals surface area contributed by atoms with Crippen LogP contribution < -0.4 is 5.73 Å². The summed E-state index contributed by atoms with van der Waals surface area (Å²) in [5.74, 6) is 0. The van der Waals surface area contributed by atoms with Crippen LogP contribution in [0.5, 0.6) is 0 Å². The van der Waals surface area contributed by atoms with Crippen LogP contribution in [0.1, 0.15) is 66.1 Å². The molecule has 0 spiro atoms. The zero-order chi connectivity index (χ0) is 16.0. The van der Waals surface area contributed by atoms with E-state index in [1.54, 1.807) is 0 Å². The van der Waals surface area contributed by atoms with Gasteiger partial charge in [0.05, 0.1) is 5.69 Å². The molecule has 1 atom stereocenters. The quantitative estimate of drug-likeness (QED) is 0.760. The van der Waals surface area contributed by atoms with Gasteiger partial charge < -0.3 is 5.73 Å². The normalized spacial score (nSPS) is 14.1. The van der Waals surface area contributed by atoms with Gasteiger partial charge in [-0.05, 0) is 45.8 Å². The predicted molar refractivity (Wildman–Crippen MR) is 90.5 cm³/mol. The first-order chi connectivity index (χ1) is 9.94. The van der Waals surface area contributed by atoms with Gasteiger partial charge in [-0.25, -0.2) is 0 Å². The van der Waals surface area contributed by atoms with Gasteiger partial charge in [0.25, 0.3) is 0 Å². The van der Waals surface area contributed by atoms with E-state index in [1.807, 2.05) is 4.68 Å². The molecule has 0 aliphatic carbocycles. The van der Waals surface area contributed by atoms with Crippen LogP contribution in [-0.4, -0.2) is 39.4 Å². The standard InChI is InChI=1S/C17H34N4/c1-7-17(8-2,20(9-3)10-4)16(18)13-15-11-12-21(19-15)14(5)6/h11-12,14,16H,7-10,13,18H2,1-6H3. The van der Waals surface area contributed by atoms with E-state index < -0.39 is 0 Å². The molecule has 0 bridgehead atoms. The number of aromatic nitrogens is 2. The summed E-state index contributed by atoms with van der Waals surface area (Å²) in [5.41, 5.74) is 7.83. The summed E-state index contributed by atoms with van der Waals surface area (Å²) in [6.45, 7) is 15.4. The minimum atomic E-state index is 0.0745. The molecule has 1 aromatic rings. The van der Waals surface area contributed by atoms with E-state index in [4.69, 9.17) is 5.73 Å². The van der Waals surface area contributed by atoms with Gasteiger partial charge in [0.2, 0.25) is 0 Å². The second-order valence-corrected chi connectivity index (χ2v) is 6.17. The van der Waals surface area contributed by atoms with Crippen LogP contribution in [0.25, 0.3) is 0 Å². The largest absolute Gasteiger partial charge is 0.326 e. The van der Waals surface area contributed by atoms with Gasteiger partial charge in [-0.3, -0.25) is 9.58 Å². The number of hydrogen-bond donors (Lipinski definition) is 1. The zero-order valence-electron chi connectivity index (χ0n) is 14.8. The third-order valence-corrected chi connectivity index (χ3v) is 4.93. The third kappa shape index (κ3) is 3.86. The van der Waals surface area contributed by atoms with Crippen molar-refractivity contribution in [3.05, 3.63) is 18.0 Å². The van der Waals surface area contributed by atoms with Crippen molar-refractivity contribution in [2.75, 3.05) is 13.1 Å². The van der Waals surface area contributed by atoms with Crippen LogP contribution in [-0.2, 0) is 6.42 Å². The lowest BCUT2D eigenvalue weighted by molar-refractivity contribution is 0.0625. The maximum absolute atomic E-state index is 6.65. The van der Waals surface area contributed by atoms with Crippen LogP contribution in [0.4, 0.5) is 0 Å².